The monoisotopic (exact) mass is 243 g/mol. The summed E-state index contributed by atoms with van der Waals surface area (Å²) >= 11 is 0. The van der Waals surface area contributed by atoms with Gasteiger partial charge in [0, 0.05) is 12.4 Å². The zero-order valence-corrected chi connectivity index (χ0v) is 9.96. The van der Waals surface area contributed by atoms with Crippen LogP contribution >= 0.6 is 0 Å². The van der Waals surface area contributed by atoms with Crippen molar-refractivity contribution in [3.63, 3.8) is 0 Å². The highest BCUT2D eigenvalue weighted by molar-refractivity contribution is 5.91. The third-order valence-electron chi connectivity index (χ3n) is 2.45. The SMILES string of the molecule is Cc1ncc(N)cc1C(=O)OCc1ccncc1. The smallest absolute Gasteiger partial charge is 0.340 e. The zero-order chi connectivity index (χ0) is 13.0. The number of anilines is 1. The minimum absolute atomic E-state index is 0.204. The van der Waals surface area contributed by atoms with Gasteiger partial charge in [-0.1, -0.05) is 0 Å². The predicted octanol–water partition coefficient (Wildman–Crippen LogP) is 1.72. The Morgan fingerprint density at radius 2 is 2.11 bits per heavy atom. The van der Waals surface area contributed by atoms with E-state index in [-0.39, 0.29) is 6.61 Å². The molecule has 0 spiro atoms. The van der Waals surface area contributed by atoms with Crippen molar-refractivity contribution in [3.8, 4) is 0 Å². The van der Waals surface area contributed by atoms with Gasteiger partial charge in [0.2, 0.25) is 0 Å². The first kappa shape index (κ1) is 12.0. The Morgan fingerprint density at radius 3 is 2.83 bits per heavy atom. The van der Waals surface area contributed by atoms with Crippen LogP contribution in [0.5, 0.6) is 0 Å². The van der Waals surface area contributed by atoms with Crippen molar-refractivity contribution >= 4 is 11.7 Å². The molecule has 0 aliphatic carbocycles. The van der Waals surface area contributed by atoms with Gasteiger partial charge in [-0.05, 0) is 30.7 Å². The van der Waals surface area contributed by atoms with Crippen LogP contribution in [0.3, 0.4) is 0 Å². The first-order valence-corrected chi connectivity index (χ1v) is 5.45. The molecule has 0 amide bonds. The number of aryl methyl sites for hydroxylation is 1. The molecule has 0 aliphatic rings. The van der Waals surface area contributed by atoms with Crippen molar-refractivity contribution < 1.29 is 9.53 Å². The molecule has 0 unspecified atom stereocenters. The largest absolute Gasteiger partial charge is 0.457 e. The fourth-order valence-electron chi connectivity index (χ4n) is 1.46. The number of carbonyl (C=O) groups excluding carboxylic acids is 1. The number of nitrogens with two attached hydrogens (primary N) is 1. The van der Waals surface area contributed by atoms with Gasteiger partial charge in [-0.25, -0.2) is 4.79 Å². The van der Waals surface area contributed by atoms with E-state index in [1.165, 1.54) is 6.20 Å². The molecule has 18 heavy (non-hydrogen) atoms. The number of hydrogen-bond donors (Lipinski definition) is 1. The van der Waals surface area contributed by atoms with Gasteiger partial charge < -0.3 is 10.5 Å². The quantitative estimate of drug-likeness (QED) is 0.830. The van der Waals surface area contributed by atoms with E-state index in [4.69, 9.17) is 10.5 Å². The summed E-state index contributed by atoms with van der Waals surface area (Å²) in [6.45, 7) is 1.94. The number of esters is 1. The number of nitrogens with zero attached hydrogens (tertiary/aromatic N) is 2. The second kappa shape index (κ2) is 5.27. The number of aromatic nitrogens is 2. The molecule has 5 heteroatoms. The molecule has 0 aromatic carbocycles. The summed E-state index contributed by atoms with van der Waals surface area (Å²) in [6, 6.07) is 5.15. The van der Waals surface area contributed by atoms with Crippen molar-refractivity contribution in [1.29, 1.82) is 0 Å². The van der Waals surface area contributed by atoms with E-state index in [0.717, 1.165) is 5.56 Å². The van der Waals surface area contributed by atoms with Crippen LogP contribution in [0.2, 0.25) is 0 Å². The fraction of sp³-hybridized carbons (Fsp3) is 0.154. The molecule has 92 valence electrons. The maximum absolute atomic E-state index is 11.9. The van der Waals surface area contributed by atoms with Crippen molar-refractivity contribution in [2.45, 2.75) is 13.5 Å². The number of rotatable bonds is 3. The fourth-order valence-corrected chi connectivity index (χ4v) is 1.46. The first-order chi connectivity index (χ1) is 8.66. The van der Waals surface area contributed by atoms with Crippen LogP contribution in [0.1, 0.15) is 21.6 Å². The number of ether oxygens (including phenoxy) is 1. The lowest BCUT2D eigenvalue weighted by atomic mass is 10.2. The van der Waals surface area contributed by atoms with Gasteiger partial charge in [0.25, 0.3) is 0 Å². The summed E-state index contributed by atoms with van der Waals surface area (Å²) in [5.74, 6) is -0.427. The van der Waals surface area contributed by atoms with E-state index >= 15 is 0 Å². The van der Waals surface area contributed by atoms with E-state index in [9.17, 15) is 4.79 Å². The van der Waals surface area contributed by atoms with Crippen LogP contribution in [0.4, 0.5) is 5.69 Å². The van der Waals surface area contributed by atoms with Gasteiger partial charge in [0.1, 0.15) is 6.61 Å². The van der Waals surface area contributed by atoms with E-state index < -0.39 is 5.97 Å². The Hall–Kier alpha value is -2.43. The molecule has 2 aromatic heterocycles. The summed E-state index contributed by atoms with van der Waals surface area (Å²) in [5, 5.41) is 0. The zero-order valence-electron chi connectivity index (χ0n) is 9.96. The molecule has 0 atom stereocenters. The van der Waals surface area contributed by atoms with E-state index in [1.807, 2.05) is 0 Å². The molecular weight excluding hydrogens is 230 g/mol. The Balaban J connectivity index is 2.06. The Morgan fingerprint density at radius 1 is 1.39 bits per heavy atom. The van der Waals surface area contributed by atoms with E-state index in [2.05, 4.69) is 9.97 Å². The average Bonchev–Trinajstić information content (AvgIpc) is 2.40. The lowest BCUT2D eigenvalue weighted by Crippen LogP contribution is -2.09. The summed E-state index contributed by atoms with van der Waals surface area (Å²) in [4.78, 5) is 19.8. The van der Waals surface area contributed by atoms with Gasteiger partial charge in [0.15, 0.2) is 0 Å². The second-order valence-corrected chi connectivity index (χ2v) is 3.83. The molecule has 0 bridgehead atoms. The molecule has 5 nitrogen and oxygen atoms in total. The molecule has 2 heterocycles. The van der Waals surface area contributed by atoms with E-state index in [1.54, 1.807) is 37.5 Å². The molecule has 0 fully saturated rings. The van der Waals surface area contributed by atoms with Gasteiger partial charge in [-0.15, -0.1) is 0 Å². The van der Waals surface area contributed by atoms with Crippen LogP contribution in [-0.4, -0.2) is 15.9 Å². The topological polar surface area (TPSA) is 78.1 Å². The van der Waals surface area contributed by atoms with Crippen molar-refractivity contribution in [2.75, 3.05) is 5.73 Å². The Kier molecular flexibility index (Phi) is 3.52. The normalized spacial score (nSPS) is 10.1. The minimum atomic E-state index is -0.427. The van der Waals surface area contributed by atoms with E-state index in [0.29, 0.717) is 16.9 Å². The van der Waals surface area contributed by atoms with Crippen LogP contribution < -0.4 is 5.73 Å². The lowest BCUT2D eigenvalue weighted by molar-refractivity contribution is 0.0471. The predicted molar refractivity (Wildman–Crippen MR) is 66.7 cm³/mol. The minimum Gasteiger partial charge on any atom is -0.457 e. The van der Waals surface area contributed by atoms with Gasteiger partial charge >= 0.3 is 5.97 Å². The Labute approximate surface area is 105 Å². The maximum atomic E-state index is 11.9. The number of nitrogen functional groups attached to an aromatic ring is 1. The summed E-state index contributed by atoms with van der Waals surface area (Å²) in [6.07, 6.45) is 4.81. The average molecular weight is 243 g/mol. The highest BCUT2D eigenvalue weighted by atomic mass is 16.5. The third-order valence-corrected chi connectivity index (χ3v) is 2.45. The third kappa shape index (κ3) is 2.82. The van der Waals surface area contributed by atoms with Gasteiger partial charge in [0.05, 0.1) is 23.1 Å². The van der Waals surface area contributed by atoms with Crippen LogP contribution in [0.25, 0.3) is 0 Å². The molecule has 0 saturated carbocycles. The molecule has 0 radical (unpaired) electrons. The summed E-state index contributed by atoms with van der Waals surface area (Å²) in [7, 11) is 0. The second-order valence-electron chi connectivity index (χ2n) is 3.83. The Bertz CT molecular complexity index is 555. The summed E-state index contributed by atoms with van der Waals surface area (Å²) in [5.41, 5.74) is 7.91. The molecule has 2 aromatic rings. The highest BCUT2D eigenvalue weighted by Crippen LogP contribution is 2.12. The lowest BCUT2D eigenvalue weighted by Gasteiger charge is -2.07. The van der Waals surface area contributed by atoms with Crippen molar-refractivity contribution in [2.24, 2.45) is 0 Å². The van der Waals surface area contributed by atoms with Crippen molar-refractivity contribution in [1.82, 2.24) is 9.97 Å². The number of hydrogen-bond acceptors (Lipinski definition) is 5. The number of pyridine rings is 2. The van der Waals surface area contributed by atoms with Gasteiger partial charge in [-0.2, -0.15) is 0 Å². The standard InChI is InChI=1S/C13H13N3O2/c1-9-12(6-11(14)7-16-9)13(17)18-8-10-2-4-15-5-3-10/h2-7H,8,14H2,1H3. The molecule has 2 N–H and O–H groups in total. The maximum Gasteiger partial charge on any atom is 0.340 e. The van der Waals surface area contributed by atoms with Crippen molar-refractivity contribution in [3.05, 3.63) is 53.6 Å². The molecular formula is C13H13N3O2. The molecule has 0 saturated heterocycles. The van der Waals surface area contributed by atoms with Crippen LogP contribution in [0.15, 0.2) is 36.8 Å². The first-order valence-electron chi connectivity index (χ1n) is 5.45. The van der Waals surface area contributed by atoms with Gasteiger partial charge in [-0.3, -0.25) is 9.97 Å². The highest BCUT2D eigenvalue weighted by Gasteiger charge is 2.12. The van der Waals surface area contributed by atoms with Crippen LogP contribution in [-0.2, 0) is 11.3 Å². The molecule has 2 rings (SSSR count). The number of carbonyl (C=O) groups is 1. The van der Waals surface area contributed by atoms with Crippen LogP contribution in [0, 0.1) is 6.92 Å². The molecule has 0 aliphatic heterocycles. The summed E-state index contributed by atoms with van der Waals surface area (Å²) < 4.78 is 5.19.